The molecule has 0 spiro atoms. The van der Waals surface area contributed by atoms with Crippen LogP contribution in [0.2, 0.25) is 0 Å². The fourth-order valence-electron chi connectivity index (χ4n) is 4.17. The maximum absolute atomic E-state index is 12.9. The summed E-state index contributed by atoms with van der Waals surface area (Å²) < 4.78 is 32.2. The summed E-state index contributed by atoms with van der Waals surface area (Å²) in [5.41, 5.74) is 0.380. The van der Waals surface area contributed by atoms with Crippen LogP contribution in [0.1, 0.15) is 50.0 Å². The van der Waals surface area contributed by atoms with Crippen molar-refractivity contribution < 1.29 is 17.7 Å². The lowest BCUT2D eigenvalue weighted by Crippen LogP contribution is -2.44. The molecular formula is C19H32N4O4S. The molecule has 28 heavy (non-hydrogen) atoms. The fraction of sp³-hybridized carbons (Fsp3) is 0.789. The quantitative estimate of drug-likeness (QED) is 0.764. The molecule has 2 aliphatic heterocycles. The second-order valence-corrected chi connectivity index (χ2v) is 9.75. The Balaban J connectivity index is 1.46. The molecule has 0 radical (unpaired) electrons. The average molecular weight is 413 g/mol. The van der Waals surface area contributed by atoms with Crippen LogP contribution in [0.15, 0.2) is 9.42 Å². The number of hydrogen-bond donors (Lipinski definition) is 1. The number of carbonyl (C=O) groups is 1. The van der Waals surface area contributed by atoms with Crippen LogP contribution in [0.4, 0.5) is 0 Å². The van der Waals surface area contributed by atoms with Crippen molar-refractivity contribution in [2.24, 2.45) is 5.92 Å². The highest BCUT2D eigenvalue weighted by Crippen LogP contribution is 2.27. The molecule has 3 heterocycles. The minimum absolute atomic E-state index is 0.0456. The minimum atomic E-state index is -3.63. The molecule has 0 atom stereocenters. The predicted molar refractivity (Wildman–Crippen MR) is 105 cm³/mol. The number of amides is 1. The van der Waals surface area contributed by atoms with Gasteiger partial charge in [0.2, 0.25) is 15.9 Å². The third-order valence-corrected chi connectivity index (χ3v) is 7.96. The molecule has 1 amide bonds. The first-order chi connectivity index (χ1) is 13.4. The van der Waals surface area contributed by atoms with Crippen LogP contribution in [0.5, 0.6) is 0 Å². The predicted octanol–water partition coefficient (Wildman–Crippen LogP) is 1.68. The molecule has 8 nitrogen and oxygen atoms in total. The van der Waals surface area contributed by atoms with E-state index in [1.807, 2.05) is 0 Å². The molecule has 0 aromatic carbocycles. The molecule has 158 valence electrons. The largest absolute Gasteiger partial charge is 0.360 e. The molecule has 9 heteroatoms. The number of aryl methyl sites for hydroxylation is 2. The summed E-state index contributed by atoms with van der Waals surface area (Å²) in [7, 11) is -3.63. The summed E-state index contributed by atoms with van der Waals surface area (Å²) in [5.74, 6) is 0.232. The van der Waals surface area contributed by atoms with Gasteiger partial charge in [-0.05, 0) is 52.6 Å². The molecule has 1 N–H and O–H groups in total. The van der Waals surface area contributed by atoms with Gasteiger partial charge in [-0.3, -0.25) is 4.79 Å². The van der Waals surface area contributed by atoms with E-state index in [4.69, 9.17) is 4.52 Å². The molecule has 2 saturated heterocycles. The van der Waals surface area contributed by atoms with Crippen molar-refractivity contribution >= 4 is 15.9 Å². The van der Waals surface area contributed by atoms with E-state index in [1.165, 1.54) is 30.0 Å². The Hall–Kier alpha value is -1.45. The lowest BCUT2D eigenvalue weighted by molar-refractivity contribution is -0.126. The Kier molecular flexibility index (Phi) is 7.11. The highest BCUT2D eigenvalue weighted by Gasteiger charge is 2.35. The second kappa shape index (κ2) is 9.37. The molecular weight excluding hydrogens is 380 g/mol. The first kappa shape index (κ1) is 21.3. The second-order valence-electron chi connectivity index (χ2n) is 7.88. The molecule has 1 aromatic rings. The number of nitrogens with zero attached hydrogens (tertiary/aromatic N) is 3. The van der Waals surface area contributed by atoms with Gasteiger partial charge in [0.15, 0.2) is 5.76 Å². The van der Waals surface area contributed by atoms with Crippen molar-refractivity contribution in [2.45, 2.75) is 57.3 Å². The number of aromatic nitrogens is 1. The van der Waals surface area contributed by atoms with Crippen molar-refractivity contribution in [3.8, 4) is 0 Å². The van der Waals surface area contributed by atoms with E-state index in [-0.39, 0.29) is 16.7 Å². The highest BCUT2D eigenvalue weighted by molar-refractivity contribution is 7.89. The summed E-state index contributed by atoms with van der Waals surface area (Å²) in [4.78, 5) is 15.1. The number of rotatable bonds is 6. The van der Waals surface area contributed by atoms with E-state index in [0.29, 0.717) is 43.9 Å². The monoisotopic (exact) mass is 412 g/mol. The van der Waals surface area contributed by atoms with Crippen LogP contribution in [0, 0.1) is 19.8 Å². The van der Waals surface area contributed by atoms with Crippen LogP contribution in [0.25, 0.3) is 0 Å². The number of likely N-dealkylation sites (tertiary alicyclic amines) is 1. The third kappa shape index (κ3) is 4.93. The lowest BCUT2D eigenvalue weighted by Gasteiger charge is -2.30. The van der Waals surface area contributed by atoms with Crippen molar-refractivity contribution in [1.29, 1.82) is 0 Å². The summed E-state index contributed by atoms with van der Waals surface area (Å²) in [6.45, 7) is 7.72. The van der Waals surface area contributed by atoms with Gasteiger partial charge in [0, 0.05) is 32.1 Å². The van der Waals surface area contributed by atoms with Crippen LogP contribution in [0.3, 0.4) is 0 Å². The number of hydrogen-bond acceptors (Lipinski definition) is 6. The summed E-state index contributed by atoms with van der Waals surface area (Å²) in [5, 5.41) is 6.80. The van der Waals surface area contributed by atoms with Gasteiger partial charge < -0.3 is 14.7 Å². The van der Waals surface area contributed by atoms with E-state index in [1.54, 1.807) is 13.8 Å². The topological polar surface area (TPSA) is 95.8 Å². The van der Waals surface area contributed by atoms with E-state index >= 15 is 0 Å². The maximum Gasteiger partial charge on any atom is 0.248 e. The van der Waals surface area contributed by atoms with Gasteiger partial charge in [-0.1, -0.05) is 18.0 Å². The Labute approximate surface area is 167 Å². The molecule has 2 fully saturated rings. The van der Waals surface area contributed by atoms with Crippen molar-refractivity contribution in [1.82, 2.24) is 19.7 Å². The SMILES string of the molecule is Cc1noc(C)c1S(=O)(=O)N1CCC(C(=O)NCCN2CCCCCC2)CC1. The third-order valence-electron chi connectivity index (χ3n) is 5.82. The van der Waals surface area contributed by atoms with Gasteiger partial charge in [-0.2, -0.15) is 4.31 Å². The van der Waals surface area contributed by atoms with E-state index in [9.17, 15) is 13.2 Å². The normalized spacial score (nSPS) is 20.8. The molecule has 0 aliphatic carbocycles. The zero-order valence-corrected chi connectivity index (χ0v) is 17.8. The molecule has 0 saturated carbocycles. The molecule has 0 bridgehead atoms. The summed E-state index contributed by atoms with van der Waals surface area (Å²) in [6, 6.07) is 0. The van der Waals surface area contributed by atoms with Crippen molar-refractivity contribution in [2.75, 3.05) is 39.3 Å². The smallest absolute Gasteiger partial charge is 0.248 e. The van der Waals surface area contributed by atoms with E-state index < -0.39 is 10.0 Å². The Bertz CT molecular complexity index is 741. The van der Waals surface area contributed by atoms with Crippen LogP contribution < -0.4 is 5.32 Å². The number of carbonyl (C=O) groups excluding carboxylic acids is 1. The number of piperidine rings is 1. The van der Waals surface area contributed by atoms with Gasteiger partial charge in [-0.15, -0.1) is 0 Å². The van der Waals surface area contributed by atoms with Crippen LogP contribution in [-0.2, 0) is 14.8 Å². The Morgan fingerprint density at radius 3 is 2.32 bits per heavy atom. The van der Waals surface area contributed by atoms with Gasteiger partial charge in [0.05, 0.1) is 0 Å². The van der Waals surface area contributed by atoms with Crippen molar-refractivity contribution in [3.05, 3.63) is 11.5 Å². The molecule has 3 rings (SSSR count). The fourth-order valence-corrected chi connectivity index (χ4v) is 5.93. The average Bonchev–Trinajstić information content (AvgIpc) is 2.86. The number of sulfonamides is 1. The molecule has 2 aliphatic rings. The van der Waals surface area contributed by atoms with E-state index in [2.05, 4.69) is 15.4 Å². The van der Waals surface area contributed by atoms with Gasteiger partial charge in [-0.25, -0.2) is 8.42 Å². The molecule has 0 unspecified atom stereocenters. The van der Waals surface area contributed by atoms with Crippen molar-refractivity contribution in [3.63, 3.8) is 0 Å². The van der Waals surface area contributed by atoms with Gasteiger partial charge in [0.25, 0.3) is 0 Å². The summed E-state index contributed by atoms with van der Waals surface area (Å²) >= 11 is 0. The standard InChI is InChI=1S/C19H32N4O4S/c1-15-18(16(2)27-21-15)28(25,26)23-12-7-17(8-13-23)19(24)20-9-14-22-10-5-3-4-6-11-22/h17H,3-14H2,1-2H3,(H,20,24). The zero-order valence-electron chi connectivity index (χ0n) is 16.9. The van der Waals surface area contributed by atoms with Gasteiger partial charge >= 0.3 is 0 Å². The first-order valence-electron chi connectivity index (χ1n) is 10.3. The first-order valence-corrected chi connectivity index (χ1v) is 11.8. The van der Waals surface area contributed by atoms with Gasteiger partial charge in [0.1, 0.15) is 10.6 Å². The van der Waals surface area contributed by atoms with Crippen LogP contribution in [-0.4, -0.2) is 68.0 Å². The van der Waals surface area contributed by atoms with E-state index in [0.717, 1.165) is 19.6 Å². The Morgan fingerprint density at radius 1 is 1.11 bits per heavy atom. The van der Waals surface area contributed by atoms with Crippen LogP contribution >= 0.6 is 0 Å². The highest BCUT2D eigenvalue weighted by atomic mass is 32.2. The zero-order chi connectivity index (χ0) is 20.1. The minimum Gasteiger partial charge on any atom is -0.360 e. The Morgan fingerprint density at radius 2 is 1.75 bits per heavy atom. The maximum atomic E-state index is 12.9. The lowest BCUT2D eigenvalue weighted by atomic mass is 9.97. The summed E-state index contributed by atoms with van der Waals surface area (Å²) in [6.07, 6.45) is 6.17. The molecule has 1 aromatic heterocycles. The number of nitrogens with one attached hydrogen (secondary N) is 1.